The number of halogens is 1. The maximum Gasteiger partial charge on any atom is 0.126 e. The molecule has 4 heteroatoms. The Morgan fingerprint density at radius 2 is 2.33 bits per heavy atom. The molecule has 0 bridgehead atoms. The summed E-state index contributed by atoms with van der Waals surface area (Å²) in [5.41, 5.74) is 1.04. The first-order valence-corrected chi connectivity index (χ1v) is 5.87. The van der Waals surface area contributed by atoms with Crippen molar-refractivity contribution in [2.45, 2.75) is 25.8 Å². The minimum atomic E-state index is 0.0350. The molecule has 1 aliphatic rings. The highest BCUT2D eigenvalue weighted by atomic mass is 79.9. The fourth-order valence-electron chi connectivity index (χ4n) is 1.69. The van der Waals surface area contributed by atoms with Crippen molar-refractivity contribution in [1.29, 1.82) is 0 Å². The largest absolute Gasteiger partial charge is 0.379 e. The van der Waals surface area contributed by atoms with E-state index >= 15 is 0 Å². The number of hydrogen-bond donors (Lipinski definition) is 1. The van der Waals surface area contributed by atoms with Crippen LogP contribution in [0.15, 0.2) is 16.6 Å². The highest BCUT2D eigenvalue weighted by molar-refractivity contribution is 9.10. The summed E-state index contributed by atoms with van der Waals surface area (Å²) in [6.45, 7) is 5.74. The molecule has 1 aromatic rings. The van der Waals surface area contributed by atoms with Gasteiger partial charge in [-0.1, -0.05) is 0 Å². The Labute approximate surface area is 98.4 Å². The second kappa shape index (κ2) is 4.10. The number of ether oxygens (including phenoxy) is 1. The molecule has 0 radical (unpaired) electrons. The average Bonchev–Trinajstić information content (AvgIpc) is 2.59. The van der Waals surface area contributed by atoms with Gasteiger partial charge in [0, 0.05) is 11.1 Å². The molecule has 2 heterocycles. The van der Waals surface area contributed by atoms with Gasteiger partial charge in [0.05, 0.1) is 17.8 Å². The molecule has 82 valence electrons. The van der Waals surface area contributed by atoms with Gasteiger partial charge < -0.3 is 10.1 Å². The molecule has 0 aromatic carbocycles. The summed E-state index contributed by atoms with van der Waals surface area (Å²) in [4.78, 5) is 4.47. The standard InChI is InChI=1S/C11H15BrN2O/c1-8-9(12)3-4-10(13-8)14-11(2)5-6-15-7-11/h3-4H,5-7H2,1-2H3,(H,13,14). The molecule has 15 heavy (non-hydrogen) atoms. The number of aryl methyl sites for hydroxylation is 1. The van der Waals surface area contributed by atoms with Crippen LogP contribution < -0.4 is 5.32 Å². The predicted octanol–water partition coefficient (Wildman–Crippen LogP) is 2.74. The summed E-state index contributed by atoms with van der Waals surface area (Å²) in [5, 5.41) is 3.43. The summed E-state index contributed by atoms with van der Waals surface area (Å²) in [6, 6.07) is 4.00. The number of aromatic nitrogens is 1. The van der Waals surface area contributed by atoms with E-state index in [0.717, 1.165) is 35.6 Å². The Hall–Kier alpha value is -0.610. The van der Waals surface area contributed by atoms with Gasteiger partial charge in [-0.25, -0.2) is 4.98 Å². The zero-order valence-electron chi connectivity index (χ0n) is 9.01. The van der Waals surface area contributed by atoms with Gasteiger partial charge in [-0.15, -0.1) is 0 Å². The quantitative estimate of drug-likeness (QED) is 0.898. The van der Waals surface area contributed by atoms with Gasteiger partial charge >= 0.3 is 0 Å². The van der Waals surface area contributed by atoms with Crippen molar-refractivity contribution in [3.05, 3.63) is 22.3 Å². The SMILES string of the molecule is Cc1nc(NC2(C)CCOC2)ccc1Br. The molecule has 2 rings (SSSR count). The van der Waals surface area contributed by atoms with Crippen LogP contribution >= 0.6 is 15.9 Å². The Balaban J connectivity index is 2.13. The van der Waals surface area contributed by atoms with Crippen molar-refractivity contribution >= 4 is 21.7 Å². The van der Waals surface area contributed by atoms with Crippen LogP contribution in [0.1, 0.15) is 19.0 Å². The summed E-state index contributed by atoms with van der Waals surface area (Å²) in [6.07, 6.45) is 1.03. The second-order valence-corrected chi connectivity index (χ2v) is 5.11. The van der Waals surface area contributed by atoms with Crippen LogP contribution in [0, 0.1) is 6.92 Å². The number of hydrogen-bond acceptors (Lipinski definition) is 3. The van der Waals surface area contributed by atoms with Gasteiger partial charge in [-0.3, -0.25) is 0 Å². The van der Waals surface area contributed by atoms with Crippen molar-refractivity contribution in [2.75, 3.05) is 18.5 Å². The first-order valence-electron chi connectivity index (χ1n) is 5.08. The van der Waals surface area contributed by atoms with Crippen molar-refractivity contribution in [2.24, 2.45) is 0 Å². The third-order valence-electron chi connectivity index (χ3n) is 2.67. The van der Waals surface area contributed by atoms with Gasteiger partial charge in [-0.05, 0) is 48.3 Å². The van der Waals surface area contributed by atoms with E-state index in [9.17, 15) is 0 Å². The fourth-order valence-corrected chi connectivity index (χ4v) is 1.91. The molecule has 0 aliphatic carbocycles. The lowest BCUT2D eigenvalue weighted by molar-refractivity contribution is 0.185. The normalized spacial score (nSPS) is 25.5. The summed E-state index contributed by atoms with van der Waals surface area (Å²) < 4.78 is 6.43. The number of nitrogens with zero attached hydrogens (tertiary/aromatic N) is 1. The third kappa shape index (κ3) is 2.49. The Morgan fingerprint density at radius 3 is 2.93 bits per heavy atom. The van der Waals surface area contributed by atoms with Crippen LogP contribution in [-0.2, 0) is 4.74 Å². The van der Waals surface area contributed by atoms with Gasteiger partial charge in [-0.2, -0.15) is 0 Å². The van der Waals surface area contributed by atoms with E-state index in [0.29, 0.717) is 0 Å². The monoisotopic (exact) mass is 270 g/mol. The van der Waals surface area contributed by atoms with Crippen molar-refractivity contribution in [1.82, 2.24) is 4.98 Å². The van der Waals surface area contributed by atoms with Crippen molar-refractivity contribution in [3.8, 4) is 0 Å². The summed E-state index contributed by atoms with van der Waals surface area (Å²) >= 11 is 3.44. The zero-order chi connectivity index (χ0) is 10.9. The zero-order valence-corrected chi connectivity index (χ0v) is 10.6. The van der Waals surface area contributed by atoms with Crippen molar-refractivity contribution < 1.29 is 4.74 Å². The van der Waals surface area contributed by atoms with Gasteiger partial charge in [0.15, 0.2) is 0 Å². The molecule has 1 aromatic heterocycles. The van der Waals surface area contributed by atoms with Crippen LogP contribution in [0.25, 0.3) is 0 Å². The van der Waals surface area contributed by atoms with E-state index in [-0.39, 0.29) is 5.54 Å². The lowest BCUT2D eigenvalue weighted by Gasteiger charge is -2.24. The predicted molar refractivity (Wildman–Crippen MR) is 64.1 cm³/mol. The van der Waals surface area contributed by atoms with E-state index < -0.39 is 0 Å². The first-order chi connectivity index (χ1) is 7.09. The maximum absolute atomic E-state index is 5.39. The third-order valence-corrected chi connectivity index (χ3v) is 3.51. The molecule has 0 spiro atoms. The minimum Gasteiger partial charge on any atom is -0.379 e. The highest BCUT2D eigenvalue weighted by Gasteiger charge is 2.29. The van der Waals surface area contributed by atoms with E-state index in [1.165, 1.54) is 0 Å². The van der Waals surface area contributed by atoms with E-state index in [4.69, 9.17) is 4.74 Å². The molecule has 0 saturated carbocycles. The van der Waals surface area contributed by atoms with Crippen LogP contribution in [-0.4, -0.2) is 23.7 Å². The summed E-state index contributed by atoms with van der Waals surface area (Å²) in [7, 11) is 0. The van der Waals surface area contributed by atoms with Crippen LogP contribution in [0.4, 0.5) is 5.82 Å². The Morgan fingerprint density at radius 1 is 1.53 bits per heavy atom. The molecule has 1 atom stereocenters. The van der Waals surface area contributed by atoms with Gasteiger partial charge in [0.1, 0.15) is 5.82 Å². The topological polar surface area (TPSA) is 34.2 Å². The molecule has 1 N–H and O–H groups in total. The highest BCUT2D eigenvalue weighted by Crippen LogP contribution is 2.24. The number of pyridine rings is 1. The molecule has 1 fully saturated rings. The molecular formula is C11H15BrN2O. The van der Waals surface area contributed by atoms with Crippen LogP contribution in [0.5, 0.6) is 0 Å². The van der Waals surface area contributed by atoms with Crippen LogP contribution in [0.3, 0.4) is 0 Å². The molecular weight excluding hydrogens is 256 g/mol. The molecule has 3 nitrogen and oxygen atoms in total. The fraction of sp³-hybridized carbons (Fsp3) is 0.545. The lowest BCUT2D eigenvalue weighted by atomic mass is 10.0. The maximum atomic E-state index is 5.39. The van der Waals surface area contributed by atoms with E-state index in [2.05, 4.69) is 33.2 Å². The first kappa shape index (κ1) is 10.9. The van der Waals surface area contributed by atoms with Crippen LogP contribution in [0.2, 0.25) is 0 Å². The molecule has 1 aliphatic heterocycles. The second-order valence-electron chi connectivity index (χ2n) is 4.25. The summed E-state index contributed by atoms with van der Waals surface area (Å²) in [5.74, 6) is 0.920. The molecule has 0 amide bonds. The van der Waals surface area contributed by atoms with Gasteiger partial charge in [0.25, 0.3) is 0 Å². The smallest absolute Gasteiger partial charge is 0.126 e. The molecule has 1 unspecified atom stereocenters. The Kier molecular flexibility index (Phi) is 2.98. The number of anilines is 1. The van der Waals surface area contributed by atoms with E-state index in [1.807, 2.05) is 19.1 Å². The average molecular weight is 271 g/mol. The minimum absolute atomic E-state index is 0.0350. The number of nitrogens with one attached hydrogen (secondary N) is 1. The molecule has 1 saturated heterocycles. The number of rotatable bonds is 2. The van der Waals surface area contributed by atoms with Crippen molar-refractivity contribution in [3.63, 3.8) is 0 Å². The lowest BCUT2D eigenvalue weighted by Crippen LogP contribution is -2.35. The van der Waals surface area contributed by atoms with Gasteiger partial charge in [0.2, 0.25) is 0 Å². The Bertz CT molecular complexity index is 362. The van der Waals surface area contributed by atoms with E-state index in [1.54, 1.807) is 0 Å².